The van der Waals surface area contributed by atoms with Crippen LogP contribution in [0.15, 0.2) is 36.4 Å². The molecule has 1 heterocycles. The highest BCUT2D eigenvalue weighted by atomic mass is 19.1. The van der Waals surface area contributed by atoms with Crippen LogP contribution in [0.4, 0.5) is 15.8 Å². The lowest BCUT2D eigenvalue weighted by Gasteiger charge is -2.18. The second-order valence-electron chi connectivity index (χ2n) is 5.69. The van der Waals surface area contributed by atoms with Gasteiger partial charge in [0.2, 0.25) is 11.8 Å². The van der Waals surface area contributed by atoms with Crippen LogP contribution < -0.4 is 10.6 Å². The average molecular weight is 312 g/mol. The van der Waals surface area contributed by atoms with E-state index in [-0.39, 0.29) is 23.9 Å². The fourth-order valence-corrected chi connectivity index (χ4v) is 2.67. The zero-order chi connectivity index (χ0) is 16.4. The standard InChI is InChI=1S/C18H17FN2O2/c1-11-4-2-3-5-12(11)9-18(23)21-16-10-15-13(8-14(16)19)6-7-17(22)20-15/h2-5,8,10H,6-7,9H2,1H3,(H,20,22)(H,21,23). The second-order valence-corrected chi connectivity index (χ2v) is 5.69. The average Bonchev–Trinajstić information content (AvgIpc) is 2.51. The minimum atomic E-state index is -0.488. The predicted octanol–water partition coefficient (Wildman–Crippen LogP) is 3.20. The van der Waals surface area contributed by atoms with Crippen molar-refractivity contribution in [2.75, 3.05) is 10.6 Å². The molecule has 118 valence electrons. The van der Waals surface area contributed by atoms with Gasteiger partial charge in [0.25, 0.3) is 0 Å². The molecule has 0 aromatic heterocycles. The minimum absolute atomic E-state index is 0.0875. The Kier molecular flexibility index (Phi) is 4.10. The number of hydrogen-bond acceptors (Lipinski definition) is 2. The number of hydrogen-bond donors (Lipinski definition) is 2. The third kappa shape index (κ3) is 3.39. The fourth-order valence-electron chi connectivity index (χ4n) is 2.67. The number of carbonyl (C=O) groups is 2. The van der Waals surface area contributed by atoms with Gasteiger partial charge in [-0.2, -0.15) is 0 Å². The first-order valence-corrected chi connectivity index (χ1v) is 7.49. The zero-order valence-corrected chi connectivity index (χ0v) is 12.8. The van der Waals surface area contributed by atoms with Gasteiger partial charge in [-0.3, -0.25) is 9.59 Å². The molecule has 5 heteroatoms. The summed E-state index contributed by atoms with van der Waals surface area (Å²) < 4.78 is 14.1. The summed E-state index contributed by atoms with van der Waals surface area (Å²) in [5, 5.41) is 5.29. The fraction of sp³-hybridized carbons (Fsp3) is 0.222. The van der Waals surface area contributed by atoms with Crippen LogP contribution in [0.3, 0.4) is 0 Å². The lowest BCUT2D eigenvalue weighted by Crippen LogP contribution is -2.21. The van der Waals surface area contributed by atoms with E-state index in [0.717, 1.165) is 16.7 Å². The van der Waals surface area contributed by atoms with Crippen molar-refractivity contribution in [1.29, 1.82) is 0 Å². The lowest BCUT2D eigenvalue weighted by molar-refractivity contribution is -0.116. The van der Waals surface area contributed by atoms with Gasteiger partial charge in [0.1, 0.15) is 5.82 Å². The normalized spacial score (nSPS) is 13.2. The van der Waals surface area contributed by atoms with E-state index in [1.54, 1.807) is 0 Å². The molecule has 1 aliphatic heterocycles. The van der Waals surface area contributed by atoms with E-state index in [1.165, 1.54) is 12.1 Å². The van der Waals surface area contributed by atoms with Crippen LogP contribution >= 0.6 is 0 Å². The summed E-state index contributed by atoms with van der Waals surface area (Å²) in [7, 11) is 0. The van der Waals surface area contributed by atoms with Crippen molar-refractivity contribution in [3.05, 3.63) is 58.9 Å². The molecule has 0 radical (unpaired) electrons. The highest BCUT2D eigenvalue weighted by Gasteiger charge is 2.18. The molecule has 3 rings (SSSR count). The predicted molar refractivity (Wildman–Crippen MR) is 86.9 cm³/mol. The highest BCUT2D eigenvalue weighted by molar-refractivity contribution is 5.97. The van der Waals surface area contributed by atoms with E-state index in [4.69, 9.17) is 0 Å². The summed E-state index contributed by atoms with van der Waals surface area (Å²) in [6.45, 7) is 1.93. The van der Waals surface area contributed by atoms with Crippen LogP contribution in [-0.2, 0) is 22.4 Å². The number of amides is 2. The number of nitrogens with one attached hydrogen (secondary N) is 2. The monoisotopic (exact) mass is 312 g/mol. The Morgan fingerprint density at radius 2 is 2.04 bits per heavy atom. The van der Waals surface area contributed by atoms with Gasteiger partial charge < -0.3 is 10.6 Å². The molecule has 0 unspecified atom stereocenters. The minimum Gasteiger partial charge on any atom is -0.326 e. The summed E-state index contributed by atoms with van der Waals surface area (Å²) in [5.41, 5.74) is 3.31. The molecule has 1 aliphatic rings. The Balaban J connectivity index is 1.77. The third-order valence-corrected chi connectivity index (χ3v) is 3.97. The highest BCUT2D eigenvalue weighted by Crippen LogP contribution is 2.28. The van der Waals surface area contributed by atoms with E-state index >= 15 is 0 Å². The summed E-state index contributed by atoms with van der Waals surface area (Å²) >= 11 is 0. The largest absolute Gasteiger partial charge is 0.326 e. The van der Waals surface area contributed by atoms with Crippen molar-refractivity contribution in [2.24, 2.45) is 0 Å². The van der Waals surface area contributed by atoms with Gasteiger partial charge in [-0.1, -0.05) is 24.3 Å². The topological polar surface area (TPSA) is 58.2 Å². The maximum absolute atomic E-state index is 14.1. The molecule has 2 aromatic rings. The molecule has 23 heavy (non-hydrogen) atoms. The van der Waals surface area contributed by atoms with Gasteiger partial charge in [-0.25, -0.2) is 4.39 Å². The maximum atomic E-state index is 14.1. The molecule has 0 saturated carbocycles. The molecule has 0 saturated heterocycles. The summed E-state index contributed by atoms with van der Waals surface area (Å²) in [4.78, 5) is 23.6. The van der Waals surface area contributed by atoms with Gasteiger partial charge in [0.05, 0.1) is 12.1 Å². The molecule has 2 aromatic carbocycles. The summed E-state index contributed by atoms with van der Waals surface area (Å²) in [6, 6.07) is 10.4. The zero-order valence-electron chi connectivity index (χ0n) is 12.8. The van der Waals surface area contributed by atoms with E-state index < -0.39 is 5.82 Å². The molecule has 0 fully saturated rings. The maximum Gasteiger partial charge on any atom is 0.228 e. The van der Waals surface area contributed by atoms with Gasteiger partial charge in [-0.05, 0) is 42.2 Å². The molecule has 0 aliphatic carbocycles. The van der Waals surface area contributed by atoms with Gasteiger partial charge in [0, 0.05) is 12.1 Å². The van der Waals surface area contributed by atoms with Crippen LogP contribution in [0.5, 0.6) is 0 Å². The van der Waals surface area contributed by atoms with Crippen LogP contribution in [0.1, 0.15) is 23.1 Å². The number of halogens is 1. The quantitative estimate of drug-likeness (QED) is 0.914. The van der Waals surface area contributed by atoms with Crippen LogP contribution in [-0.4, -0.2) is 11.8 Å². The van der Waals surface area contributed by atoms with Crippen molar-refractivity contribution in [2.45, 2.75) is 26.2 Å². The van der Waals surface area contributed by atoms with Crippen molar-refractivity contribution in [3.63, 3.8) is 0 Å². The molecular formula is C18H17FN2O2. The third-order valence-electron chi connectivity index (χ3n) is 3.97. The van der Waals surface area contributed by atoms with E-state index in [0.29, 0.717) is 18.5 Å². The number of carbonyl (C=O) groups excluding carboxylic acids is 2. The van der Waals surface area contributed by atoms with Gasteiger partial charge >= 0.3 is 0 Å². The van der Waals surface area contributed by atoms with Gasteiger partial charge in [-0.15, -0.1) is 0 Å². The summed E-state index contributed by atoms with van der Waals surface area (Å²) in [5.74, 6) is -0.875. The van der Waals surface area contributed by atoms with E-state index in [1.807, 2.05) is 31.2 Å². The molecule has 2 amide bonds. The Labute approximate surface area is 133 Å². The number of anilines is 2. The first-order chi connectivity index (χ1) is 11.0. The Bertz CT molecular complexity index is 787. The molecular weight excluding hydrogens is 295 g/mol. The van der Waals surface area contributed by atoms with Crippen LogP contribution in [0.2, 0.25) is 0 Å². The first-order valence-electron chi connectivity index (χ1n) is 7.49. The smallest absolute Gasteiger partial charge is 0.228 e. The van der Waals surface area contributed by atoms with E-state index in [9.17, 15) is 14.0 Å². The summed E-state index contributed by atoms with van der Waals surface area (Å²) in [6.07, 6.45) is 1.04. The molecule has 4 nitrogen and oxygen atoms in total. The second kappa shape index (κ2) is 6.20. The van der Waals surface area contributed by atoms with Crippen molar-refractivity contribution in [3.8, 4) is 0 Å². The Hall–Kier alpha value is -2.69. The van der Waals surface area contributed by atoms with Crippen molar-refractivity contribution >= 4 is 23.2 Å². The number of rotatable bonds is 3. The van der Waals surface area contributed by atoms with Crippen LogP contribution in [0.25, 0.3) is 0 Å². The lowest BCUT2D eigenvalue weighted by atomic mass is 10.0. The van der Waals surface area contributed by atoms with Crippen molar-refractivity contribution in [1.82, 2.24) is 0 Å². The molecule has 0 atom stereocenters. The molecule has 0 bridgehead atoms. The number of fused-ring (bicyclic) bond motifs is 1. The number of aryl methyl sites for hydroxylation is 2. The van der Waals surface area contributed by atoms with E-state index in [2.05, 4.69) is 10.6 Å². The SMILES string of the molecule is Cc1ccccc1CC(=O)Nc1cc2c(cc1F)CCC(=O)N2. The molecule has 0 spiro atoms. The van der Waals surface area contributed by atoms with Crippen LogP contribution in [0, 0.1) is 12.7 Å². The molecule has 2 N–H and O–H groups in total. The Morgan fingerprint density at radius 1 is 1.26 bits per heavy atom. The number of benzene rings is 2. The first kappa shape index (κ1) is 15.2. The Morgan fingerprint density at radius 3 is 2.83 bits per heavy atom. The van der Waals surface area contributed by atoms with Crippen molar-refractivity contribution < 1.29 is 14.0 Å². The van der Waals surface area contributed by atoms with Gasteiger partial charge in [0.15, 0.2) is 0 Å².